The van der Waals surface area contributed by atoms with Gasteiger partial charge in [0, 0.05) is 42.0 Å². The Hall–Kier alpha value is -3.84. The first kappa shape index (κ1) is 25.3. The first-order valence-electron chi connectivity index (χ1n) is 11.4. The lowest BCUT2D eigenvalue weighted by atomic mass is 10.0. The minimum absolute atomic E-state index is 0.0477. The third-order valence-corrected chi connectivity index (χ3v) is 6.41. The van der Waals surface area contributed by atoms with Gasteiger partial charge in [0.05, 0.1) is 0 Å². The highest BCUT2D eigenvalue weighted by atomic mass is 35.5. The fourth-order valence-corrected chi connectivity index (χ4v) is 4.53. The number of carbonyl (C=O) groups excluding carboxylic acids is 1. The van der Waals surface area contributed by atoms with Gasteiger partial charge in [-0.1, -0.05) is 17.7 Å². The molecule has 0 aliphatic heterocycles. The highest BCUT2D eigenvalue weighted by Gasteiger charge is 2.18. The van der Waals surface area contributed by atoms with E-state index in [0.29, 0.717) is 34.2 Å². The summed E-state index contributed by atoms with van der Waals surface area (Å²) in [6, 6.07) is 15.1. The molecule has 0 unspecified atom stereocenters. The molecule has 3 aromatic carbocycles. The van der Waals surface area contributed by atoms with Gasteiger partial charge in [-0.05, 0) is 85.0 Å². The van der Waals surface area contributed by atoms with Crippen LogP contribution in [0.3, 0.4) is 0 Å². The number of aromatic nitrogens is 1. The molecule has 1 heterocycles. The van der Waals surface area contributed by atoms with Crippen LogP contribution in [0.15, 0.2) is 54.6 Å². The molecule has 0 aliphatic carbocycles. The maximum absolute atomic E-state index is 14.3. The second kappa shape index (κ2) is 10.4. The highest BCUT2D eigenvalue weighted by Crippen LogP contribution is 2.28. The van der Waals surface area contributed by atoms with Gasteiger partial charge in [0.1, 0.15) is 23.0 Å². The van der Waals surface area contributed by atoms with Crippen LogP contribution in [0.5, 0.6) is 11.5 Å². The molecule has 36 heavy (non-hydrogen) atoms. The van der Waals surface area contributed by atoms with Gasteiger partial charge in [-0.25, -0.2) is 4.39 Å². The highest BCUT2D eigenvalue weighted by molar-refractivity contribution is 6.31. The molecule has 4 rings (SSSR count). The predicted octanol–water partition coefficient (Wildman–Crippen LogP) is 6.33. The van der Waals surface area contributed by atoms with Crippen LogP contribution in [-0.2, 0) is 24.8 Å². The van der Waals surface area contributed by atoms with E-state index < -0.39 is 11.8 Å². The molecule has 8 heteroatoms. The number of carboxylic acid groups (broad SMARTS) is 1. The van der Waals surface area contributed by atoms with E-state index in [2.05, 4.69) is 5.32 Å². The van der Waals surface area contributed by atoms with E-state index in [4.69, 9.17) is 21.4 Å². The lowest BCUT2D eigenvalue weighted by Crippen LogP contribution is -2.25. The van der Waals surface area contributed by atoms with E-state index in [-0.39, 0.29) is 18.9 Å². The Morgan fingerprint density at radius 1 is 1.06 bits per heavy atom. The summed E-state index contributed by atoms with van der Waals surface area (Å²) in [5, 5.41) is 13.3. The van der Waals surface area contributed by atoms with Crippen LogP contribution in [0.25, 0.3) is 10.9 Å². The van der Waals surface area contributed by atoms with Crippen molar-refractivity contribution < 1.29 is 23.8 Å². The van der Waals surface area contributed by atoms with Gasteiger partial charge in [-0.3, -0.25) is 9.59 Å². The molecule has 0 bridgehead atoms. The van der Waals surface area contributed by atoms with E-state index in [0.717, 1.165) is 27.6 Å². The minimum atomic E-state index is -0.853. The summed E-state index contributed by atoms with van der Waals surface area (Å²) < 4.78 is 22.0. The van der Waals surface area contributed by atoms with Crippen molar-refractivity contribution in [2.24, 2.45) is 7.05 Å². The molecule has 0 saturated carbocycles. The zero-order valence-corrected chi connectivity index (χ0v) is 20.9. The minimum Gasteiger partial charge on any atom is -0.481 e. The summed E-state index contributed by atoms with van der Waals surface area (Å²) in [6.07, 6.45) is 0.473. The molecule has 0 spiro atoms. The predicted molar refractivity (Wildman–Crippen MR) is 137 cm³/mol. The summed E-state index contributed by atoms with van der Waals surface area (Å²) in [5.74, 6) is -0.804. The Morgan fingerprint density at radius 3 is 2.56 bits per heavy atom. The quantitative estimate of drug-likeness (QED) is 0.291. The number of benzene rings is 3. The molecule has 0 radical (unpaired) electrons. The number of nitrogens with zero attached hydrogens (tertiary/aromatic N) is 1. The molecule has 1 aromatic heterocycles. The van der Waals surface area contributed by atoms with Gasteiger partial charge < -0.3 is 19.7 Å². The van der Waals surface area contributed by atoms with Crippen LogP contribution in [-0.4, -0.2) is 21.6 Å². The van der Waals surface area contributed by atoms with E-state index >= 15 is 0 Å². The number of aliphatic carboxylic acids is 1. The van der Waals surface area contributed by atoms with Crippen LogP contribution < -0.4 is 10.1 Å². The number of carboxylic acids is 1. The molecule has 1 amide bonds. The van der Waals surface area contributed by atoms with Crippen LogP contribution >= 0.6 is 11.6 Å². The summed E-state index contributed by atoms with van der Waals surface area (Å²) in [6.45, 7) is 3.86. The number of hydrogen-bond acceptors (Lipinski definition) is 3. The summed E-state index contributed by atoms with van der Waals surface area (Å²) in [5.41, 5.74) is 4.58. The third-order valence-electron chi connectivity index (χ3n) is 6.17. The standard InChI is InChI=1S/C28H26ClFN2O4/c1-16-10-22(7-4-19(16)5-9-26(33)34)36-23-12-18(11-21(30)14-23)15-31-28(35)27-17(2)24-13-20(29)6-8-25(24)32(27)3/h4,6-8,10-14H,5,9,15H2,1-3H3,(H,31,35)(H,33,34). The first-order valence-corrected chi connectivity index (χ1v) is 11.8. The van der Waals surface area contributed by atoms with Crippen LogP contribution in [0.2, 0.25) is 5.02 Å². The molecule has 0 saturated heterocycles. The number of hydrogen-bond donors (Lipinski definition) is 2. The van der Waals surface area contributed by atoms with Crippen molar-refractivity contribution in [2.75, 3.05) is 0 Å². The largest absolute Gasteiger partial charge is 0.481 e. The number of nitrogens with one attached hydrogen (secondary N) is 1. The monoisotopic (exact) mass is 508 g/mol. The first-order chi connectivity index (χ1) is 17.1. The molecule has 4 aromatic rings. The number of amides is 1. The molecule has 0 atom stereocenters. The van der Waals surface area contributed by atoms with E-state index in [1.54, 1.807) is 24.3 Å². The van der Waals surface area contributed by atoms with Gasteiger partial charge in [0.25, 0.3) is 5.91 Å². The Balaban J connectivity index is 1.48. The van der Waals surface area contributed by atoms with E-state index in [9.17, 15) is 14.0 Å². The number of halogens is 2. The van der Waals surface area contributed by atoms with Crippen molar-refractivity contribution in [3.8, 4) is 11.5 Å². The fourth-order valence-electron chi connectivity index (χ4n) is 4.36. The Morgan fingerprint density at radius 2 is 1.83 bits per heavy atom. The van der Waals surface area contributed by atoms with Crippen molar-refractivity contribution >= 4 is 34.4 Å². The number of fused-ring (bicyclic) bond motifs is 1. The third kappa shape index (κ3) is 5.52. The Kier molecular flexibility index (Phi) is 7.31. The van der Waals surface area contributed by atoms with Crippen molar-refractivity contribution in [3.05, 3.63) is 93.4 Å². The molecular weight excluding hydrogens is 483 g/mol. The second-order valence-corrected chi connectivity index (χ2v) is 9.19. The van der Waals surface area contributed by atoms with Gasteiger partial charge in [0.2, 0.25) is 0 Å². The summed E-state index contributed by atoms with van der Waals surface area (Å²) >= 11 is 6.12. The topological polar surface area (TPSA) is 80.6 Å². The van der Waals surface area contributed by atoms with Crippen LogP contribution in [0, 0.1) is 19.7 Å². The Labute approximate surface area is 213 Å². The summed E-state index contributed by atoms with van der Waals surface area (Å²) in [7, 11) is 1.82. The zero-order chi connectivity index (χ0) is 26.0. The van der Waals surface area contributed by atoms with Crippen molar-refractivity contribution in [1.29, 1.82) is 0 Å². The maximum Gasteiger partial charge on any atom is 0.303 e. The van der Waals surface area contributed by atoms with E-state index in [1.165, 1.54) is 12.1 Å². The van der Waals surface area contributed by atoms with Crippen LogP contribution in [0.4, 0.5) is 4.39 Å². The number of carbonyl (C=O) groups is 2. The van der Waals surface area contributed by atoms with Crippen molar-refractivity contribution in [1.82, 2.24) is 9.88 Å². The number of rotatable bonds is 8. The average Bonchev–Trinajstić information content (AvgIpc) is 3.05. The maximum atomic E-state index is 14.3. The lowest BCUT2D eigenvalue weighted by Gasteiger charge is -2.12. The number of ether oxygens (including phenoxy) is 1. The molecule has 0 aliphatic rings. The van der Waals surface area contributed by atoms with Crippen LogP contribution in [0.1, 0.15) is 39.2 Å². The lowest BCUT2D eigenvalue weighted by molar-refractivity contribution is -0.136. The van der Waals surface area contributed by atoms with Gasteiger partial charge in [-0.15, -0.1) is 0 Å². The SMILES string of the molecule is Cc1cc(Oc2cc(F)cc(CNC(=O)c3c(C)c4cc(Cl)ccc4n3C)c2)ccc1CCC(=O)O. The van der Waals surface area contributed by atoms with Gasteiger partial charge >= 0.3 is 5.97 Å². The Bertz CT molecular complexity index is 1480. The van der Waals surface area contributed by atoms with E-state index in [1.807, 2.05) is 43.7 Å². The second-order valence-electron chi connectivity index (χ2n) is 8.76. The molecule has 6 nitrogen and oxygen atoms in total. The smallest absolute Gasteiger partial charge is 0.303 e. The molecule has 0 fully saturated rings. The van der Waals surface area contributed by atoms with Gasteiger partial charge in [-0.2, -0.15) is 0 Å². The average molecular weight is 509 g/mol. The summed E-state index contributed by atoms with van der Waals surface area (Å²) in [4.78, 5) is 23.8. The van der Waals surface area contributed by atoms with Crippen molar-refractivity contribution in [3.63, 3.8) is 0 Å². The fraction of sp³-hybridized carbons (Fsp3) is 0.214. The normalized spacial score (nSPS) is 11.0. The molecular formula is C28H26ClFN2O4. The van der Waals surface area contributed by atoms with Gasteiger partial charge in [0.15, 0.2) is 0 Å². The number of aryl methyl sites for hydroxylation is 4. The molecule has 2 N–H and O–H groups in total. The zero-order valence-electron chi connectivity index (χ0n) is 20.2. The molecule has 186 valence electrons. The van der Waals surface area contributed by atoms with Crippen molar-refractivity contribution in [2.45, 2.75) is 33.2 Å².